The van der Waals surface area contributed by atoms with E-state index < -0.39 is 81.6 Å². The number of alkyl halides is 2. The van der Waals surface area contributed by atoms with Crippen LogP contribution in [-0.2, 0) is 38.7 Å². The van der Waals surface area contributed by atoms with Crippen molar-refractivity contribution in [1.82, 2.24) is 4.90 Å². The maximum Gasteiger partial charge on any atom is 0.309 e. The molecule has 0 N–H and O–H groups in total. The Bertz CT molecular complexity index is 949. The molecule has 0 aromatic carbocycles. The Morgan fingerprint density at radius 1 is 1.18 bits per heavy atom. The fourth-order valence-electron chi connectivity index (χ4n) is 4.94. The first-order chi connectivity index (χ1) is 14.6. The molecule has 4 rings (SSSR count). The largest absolute Gasteiger partial charge is 0.746 e. The summed E-state index contributed by atoms with van der Waals surface area (Å²) >= 11 is 0. The van der Waals surface area contributed by atoms with Gasteiger partial charge in [-0.3, -0.25) is 14.4 Å². The first-order valence-corrected chi connectivity index (χ1v) is 11.6. The fourth-order valence-corrected chi connectivity index (χ4v) is 5.11. The van der Waals surface area contributed by atoms with Crippen molar-refractivity contribution in [2.75, 3.05) is 0 Å². The van der Waals surface area contributed by atoms with Gasteiger partial charge in [0, 0.05) is 5.54 Å². The molecule has 182 valence electrons. The number of esters is 2. The van der Waals surface area contributed by atoms with Crippen LogP contribution in [0.5, 0.6) is 0 Å². The summed E-state index contributed by atoms with van der Waals surface area (Å²) in [5, 5.41) is -4.95. The summed E-state index contributed by atoms with van der Waals surface area (Å²) in [6, 6.07) is -0.655. The van der Waals surface area contributed by atoms with Crippen LogP contribution >= 0.6 is 0 Å². The molecule has 4 fully saturated rings. The van der Waals surface area contributed by atoms with E-state index >= 15 is 0 Å². The van der Waals surface area contributed by atoms with Gasteiger partial charge in [-0.2, -0.15) is 0 Å². The van der Waals surface area contributed by atoms with Gasteiger partial charge in [-0.25, -0.2) is 17.2 Å². The van der Waals surface area contributed by atoms with Crippen molar-refractivity contribution in [3.8, 4) is 0 Å². The van der Waals surface area contributed by atoms with E-state index in [0.717, 1.165) is 6.42 Å². The van der Waals surface area contributed by atoms with Crippen LogP contribution < -0.4 is 0 Å². The molecule has 33 heavy (non-hydrogen) atoms. The molecule has 6 atom stereocenters. The second-order valence-corrected chi connectivity index (χ2v) is 11.0. The third-order valence-electron chi connectivity index (χ3n) is 6.56. The molecule has 1 aliphatic carbocycles. The number of amides is 1. The Balaban J connectivity index is 0.00000306. The van der Waals surface area contributed by atoms with E-state index in [-0.39, 0.29) is 5.92 Å². The van der Waals surface area contributed by atoms with Crippen molar-refractivity contribution in [1.29, 1.82) is 0 Å². The Hall–Kier alpha value is -2.86. The van der Waals surface area contributed by atoms with Gasteiger partial charge >= 0.3 is 5.97 Å². The summed E-state index contributed by atoms with van der Waals surface area (Å²) < 4.78 is 74.6. The van der Waals surface area contributed by atoms with Crippen molar-refractivity contribution in [2.45, 2.75) is 75.2 Å². The Morgan fingerprint density at radius 2 is 1.79 bits per heavy atom. The summed E-state index contributed by atoms with van der Waals surface area (Å²) in [6.07, 6.45) is -0.770. The summed E-state index contributed by atoms with van der Waals surface area (Å²) in [5.74, 6) is -5.09. The van der Waals surface area contributed by atoms with Crippen LogP contribution in [0.15, 0.2) is 0 Å². The molecule has 3 heterocycles. The van der Waals surface area contributed by atoms with E-state index in [2.05, 4.69) is 4.74 Å². The van der Waals surface area contributed by atoms with Crippen LogP contribution in [0.1, 0.15) is 40.0 Å². The molecule has 3 aliphatic heterocycles. The molecule has 1 saturated carbocycles. The SMILES string of the molecule is CC(C)(C)N1C(=O)C2C3OC(C(OC(=O)C4CCC4)C31)C2C(=O)O[CH-]C(F)(F)S(=O)(=O)[O-].[Rf]. The Labute approximate surface area is 183 Å². The van der Waals surface area contributed by atoms with Gasteiger partial charge in [-0.05, 0) is 33.6 Å². The van der Waals surface area contributed by atoms with E-state index in [0.29, 0.717) is 12.8 Å². The molecule has 0 spiro atoms. The number of ether oxygens (including phenoxy) is 3. The molecule has 0 radical (unpaired) electrons. The minimum atomic E-state index is -6.11. The van der Waals surface area contributed by atoms with Crippen LogP contribution in [0, 0.1) is 24.4 Å². The molecule has 0 aromatic heterocycles. The predicted molar refractivity (Wildman–Crippen MR) is 98.3 cm³/mol. The van der Waals surface area contributed by atoms with Crippen molar-refractivity contribution < 1.29 is 50.3 Å². The van der Waals surface area contributed by atoms with Crippen LogP contribution in [0.25, 0.3) is 0 Å². The number of carbonyl (C=O) groups is 3. The Kier molecular flexibility index (Phi) is 5.70. The number of rotatable bonds is 6. The third kappa shape index (κ3) is 3.70. The number of likely N-dealkylation sites (tertiary alicyclic amines) is 1. The van der Waals surface area contributed by atoms with Gasteiger partial charge < -0.3 is 23.7 Å². The van der Waals surface area contributed by atoms with E-state index in [1.807, 2.05) is 0 Å². The second-order valence-electron chi connectivity index (χ2n) is 9.59. The Morgan fingerprint density at radius 3 is 2.27 bits per heavy atom. The van der Waals surface area contributed by atoms with Gasteiger partial charge in [0.25, 0.3) is 11.2 Å². The molecular formula is C19H23F2NO9RfS-2. The number of carbonyl (C=O) groups excluding carboxylic acids is 3. The second kappa shape index (κ2) is 7.59. The van der Waals surface area contributed by atoms with Crippen molar-refractivity contribution in [3.05, 3.63) is 6.61 Å². The van der Waals surface area contributed by atoms with E-state index in [1.165, 1.54) is 4.90 Å². The molecule has 6 unspecified atom stereocenters. The minimum absolute atomic E-state index is 0. The molecule has 10 nitrogen and oxygen atoms in total. The molecule has 14 heteroatoms. The average molecular weight is 746 g/mol. The number of nitrogens with zero attached hydrogens (tertiary/aromatic N) is 1. The van der Waals surface area contributed by atoms with Gasteiger partial charge in [-0.1, -0.05) is 13.0 Å². The van der Waals surface area contributed by atoms with Crippen LogP contribution in [0.2, 0.25) is 0 Å². The monoisotopic (exact) mass is 746 g/mol. The van der Waals surface area contributed by atoms with Gasteiger partial charge in [-0.15, -0.1) is 0 Å². The third-order valence-corrected chi connectivity index (χ3v) is 7.32. The van der Waals surface area contributed by atoms with Crippen molar-refractivity contribution >= 4 is 28.0 Å². The zero-order valence-corrected chi connectivity index (χ0v) is 25.4. The van der Waals surface area contributed by atoms with Crippen molar-refractivity contribution in [2.24, 2.45) is 17.8 Å². The maximum atomic E-state index is 13.4. The topological polar surface area (TPSA) is 139 Å². The molecule has 1 amide bonds. The normalized spacial score (nSPS) is 33.5. The molecular weight excluding hydrogens is 723 g/mol. The van der Waals surface area contributed by atoms with E-state index in [1.54, 1.807) is 20.8 Å². The van der Waals surface area contributed by atoms with Crippen LogP contribution in [0.4, 0.5) is 8.78 Å². The van der Waals surface area contributed by atoms with Crippen LogP contribution in [-0.4, -0.2) is 70.9 Å². The molecule has 0 aromatic rings. The number of halogens is 2. The van der Waals surface area contributed by atoms with Crippen LogP contribution in [0.3, 0.4) is 0 Å². The standard InChI is InChI=1S/C19H24F2NO9S.Rf/c1-18(2,3)22-11-12-9(15(22)23)10(17(25)29-7-19(20,21)32(26,27)28)13(30-12)14(11)31-16(24)8-5-4-6-8;/h7-14H,4-6H2,1-3H3,(H,26,27,28);/q-1;/p-1. The molecule has 2 bridgehead atoms. The van der Waals surface area contributed by atoms with E-state index in [4.69, 9.17) is 9.47 Å². The van der Waals surface area contributed by atoms with E-state index in [9.17, 15) is 36.1 Å². The quantitative estimate of drug-likeness (QED) is 0.217. The molecule has 4 aliphatic rings. The fraction of sp³-hybridized carbons (Fsp3) is 0.789. The average Bonchev–Trinajstić information content (AvgIpc) is 3.19. The number of fused-ring (bicyclic) bond motifs is 1. The first-order valence-electron chi connectivity index (χ1n) is 10.2. The zero-order chi connectivity index (χ0) is 23.8. The zero-order valence-electron chi connectivity index (χ0n) is 18.2. The summed E-state index contributed by atoms with van der Waals surface area (Å²) in [7, 11) is -6.11. The maximum absolute atomic E-state index is 13.4. The summed E-state index contributed by atoms with van der Waals surface area (Å²) in [5.41, 5.74) is -0.720. The number of hydrogen-bond donors (Lipinski definition) is 0. The summed E-state index contributed by atoms with van der Waals surface area (Å²) in [4.78, 5) is 39.8. The number of hydrogen-bond acceptors (Lipinski definition) is 9. The van der Waals surface area contributed by atoms with Gasteiger partial charge in [0.2, 0.25) is 5.91 Å². The molecule has 3 saturated heterocycles. The predicted octanol–water partition coefficient (Wildman–Crippen LogP) is 0.564. The van der Waals surface area contributed by atoms with Gasteiger partial charge in [0.1, 0.15) is 16.2 Å². The minimum Gasteiger partial charge on any atom is -0.746 e. The van der Waals surface area contributed by atoms with Gasteiger partial charge in [0.05, 0.1) is 29.9 Å². The smallest absolute Gasteiger partial charge is 0.309 e. The van der Waals surface area contributed by atoms with Gasteiger partial charge in [0.15, 0.2) is 6.10 Å². The first kappa shape index (κ1) is 24.8. The summed E-state index contributed by atoms with van der Waals surface area (Å²) in [6.45, 7) is 4.62. The van der Waals surface area contributed by atoms with Crippen molar-refractivity contribution in [3.63, 3.8) is 0 Å².